The molecule has 4 aromatic rings. The molecule has 0 aliphatic rings. The average molecular weight is 343 g/mol. The zero-order chi connectivity index (χ0) is 17.3. The first-order valence-corrected chi connectivity index (χ1v) is 9.98. The van der Waals surface area contributed by atoms with Gasteiger partial charge in [-0.15, -0.1) is 0 Å². The molecule has 0 fully saturated rings. The largest absolute Gasteiger partial charge is 0.309 e. The van der Waals surface area contributed by atoms with Crippen molar-refractivity contribution in [2.45, 2.75) is 6.92 Å². The van der Waals surface area contributed by atoms with Crippen LogP contribution >= 0.6 is 7.14 Å². The second-order valence-electron chi connectivity index (χ2n) is 6.11. The molecule has 0 spiro atoms. The minimum atomic E-state index is -2.92. The molecule has 0 atom stereocenters. The lowest BCUT2D eigenvalue weighted by Crippen LogP contribution is -2.24. The zero-order valence-electron chi connectivity index (χ0n) is 14.0. The van der Waals surface area contributed by atoms with E-state index in [0.29, 0.717) is 0 Å². The van der Waals surface area contributed by atoms with Crippen LogP contribution in [0.15, 0.2) is 91.0 Å². The highest BCUT2D eigenvalue weighted by atomic mass is 31.2. The second kappa shape index (κ2) is 6.31. The molecule has 3 heteroatoms. The van der Waals surface area contributed by atoms with E-state index < -0.39 is 7.14 Å². The predicted octanol–water partition coefficient (Wildman–Crippen LogP) is 4.18. The van der Waals surface area contributed by atoms with E-state index in [1.165, 1.54) is 0 Å². The summed E-state index contributed by atoms with van der Waals surface area (Å²) in [6.07, 6.45) is 0. The zero-order valence-corrected chi connectivity index (χ0v) is 14.9. The SMILES string of the molecule is Cc1ccc2cc(P(=O)(c3ccccc3)c3ccccc3)ccc2n1. The third-order valence-electron chi connectivity index (χ3n) is 4.42. The monoisotopic (exact) mass is 343 g/mol. The van der Waals surface area contributed by atoms with Gasteiger partial charge in [-0.05, 0) is 31.2 Å². The van der Waals surface area contributed by atoms with Crippen molar-refractivity contribution >= 4 is 34.0 Å². The maximum Gasteiger partial charge on any atom is 0.171 e. The van der Waals surface area contributed by atoms with Gasteiger partial charge in [0.15, 0.2) is 7.14 Å². The first-order valence-electron chi connectivity index (χ1n) is 8.27. The number of hydrogen-bond acceptors (Lipinski definition) is 2. The van der Waals surface area contributed by atoms with Gasteiger partial charge in [0.2, 0.25) is 0 Å². The van der Waals surface area contributed by atoms with E-state index in [9.17, 15) is 4.57 Å². The van der Waals surface area contributed by atoms with Crippen LogP contribution in [0.4, 0.5) is 0 Å². The Morgan fingerprint density at radius 1 is 0.680 bits per heavy atom. The van der Waals surface area contributed by atoms with Crippen LogP contribution in [0.2, 0.25) is 0 Å². The van der Waals surface area contributed by atoms with Gasteiger partial charge in [0.1, 0.15) is 0 Å². The fraction of sp³-hybridized carbons (Fsp3) is 0.0455. The molecule has 0 N–H and O–H groups in total. The van der Waals surface area contributed by atoms with Gasteiger partial charge in [-0.3, -0.25) is 4.98 Å². The summed E-state index contributed by atoms with van der Waals surface area (Å²) in [6.45, 7) is 1.98. The van der Waals surface area contributed by atoms with Gasteiger partial charge >= 0.3 is 0 Å². The van der Waals surface area contributed by atoms with E-state index in [0.717, 1.165) is 32.5 Å². The van der Waals surface area contributed by atoms with Gasteiger partial charge in [0, 0.05) is 27.0 Å². The Kier molecular flexibility index (Phi) is 3.99. The van der Waals surface area contributed by atoms with E-state index >= 15 is 0 Å². The van der Waals surface area contributed by atoms with Crippen LogP contribution in [0.3, 0.4) is 0 Å². The first kappa shape index (κ1) is 15.8. The maximum absolute atomic E-state index is 14.3. The van der Waals surface area contributed by atoms with Crippen molar-refractivity contribution in [3.8, 4) is 0 Å². The molecule has 3 aromatic carbocycles. The molecule has 0 bridgehead atoms. The maximum atomic E-state index is 14.3. The molecule has 0 amide bonds. The fourth-order valence-electron chi connectivity index (χ4n) is 3.13. The van der Waals surface area contributed by atoms with Gasteiger partial charge in [-0.25, -0.2) is 0 Å². The normalized spacial score (nSPS) is 11.6. The van der Waals surface area contributed by atoms with Gasteiger partial charge < -0.3 is 4.57 Å². The standard InChI is InChI=1S/C22H18NOP/c1-17-12-13-18-16-21(14-15-22(18)23-17)25(24,19-8-4-2-5-9-19)20-10-6-3-7-11-20/h2-16H,1H3. The lowest BCUT2D eigenvalue weighted by molar-refractivity contribution is 0.592. The summed E-state index contributed by atoms with van der Waals surface area (Å²) in [5, 5.41) is 3.54. The summed E-state index contributed by atoms with van der Waals surface area (Å²) in [7, 11) is -2.92. The van der Waals surface area contributed by atoms with Crippen molar-refractivity contribution in [1.82, 2.24) is 4.98 Å². The average Bonchev–Trinajstić information content (AvgIpc) is 2.68. The van der Waals surface area contributed by atoms with E-state index in [1.54, 1.807) is 0 Å². The van der Waals surface area contributed by atoms with Crippen LogP contribution in [0.5, 0.6) is 0 Å². The van der Waals surface area contributed by atoms with Crippen molar-refractivity contribution in [2.24, 2.45) is 0 Å². The van der Waals surface area contributed by atoms with Crippen LogP contribution in [0, 0.1) is 6.92 Å². The number of rotatable bonds is 3. The number of pyridine rings is 1. The molecule has 0 aliphatic heterocycles. The smallest absolute Gasteiger partial charge is 0.171 e. The van der Waals surface area contributed by atoms with Crippen molar-refractivity contribution < 1.29 is 4.57 Å². The van der Waals surface area contributed by atoms with Crippen LogP contribution in [-0.4, -0.2) is 4.98 Å². The van der Waals surface area contributed by atoms with Crippen LogP contribution < -0.4 is 15.9 Å². The summed E-state index contributed by atoms with van der Waals surface area (Å²) in [5.41, 5.74) is 1.91. The van der Waals surface area contributed by atoms with Gasteiger partial charge in [-0.1, -0.05) is 66.7 Å². The quantitative estimate of drug-likeness (QED) is 0.522. The second-order valence-corrected chi connectivity index (χ2v) is 8.88. The molecule has 0 radical (unpaired) electrons. The predicted molar refractivity (Wildman–Crippen MR) is 106 cm³/mol. The van der Waals surface area contributed by atoms with Gasteiger partial charge in [-0.2, -0.15) is 0 Å². The minimum Gasteiger partial charge on any atom is -0.309 e. The van der Waals surface area contributed by atoms with E-state index in [-0.39, 0.29) is 0 Å². The van der Waals surface area contributed by atoms with Crippen LogP contribution in [0.25, 0.3) is 10.9 Å². The van der Waals surface area contributed by atoms with E-state index in [1.807, 2.05) is 97.9 Å². The molecule has 2 nitrogen and oxygen atoms in total. The topological polar surface area (TPSA) is 30.0 Å². The number of nitrogens with zero attached hydrogens (tertiary/aromatic N) is 1. The van der Waals surface area contributed by atoms with Crippen molar-refractivity contribution in [1.29, 1.82) is 0 Å². The molecular formula is C22H18NOP. The highest BCUT2D eigenvalue weighted by molar-refractivity contribution is 7.85. The lowest BCUT2D eigenvalue weighted by atomic mass is 10.2. The number of aryl methyl sites for hydroxylation is 1. The minimum absolute atomic E-state index is 0.836. The number of fused-ring (bicyclic) bond motifs is 1. The fourth-order valence-corrected chi connectivity index (χ4v) is 5.82. The highest BCUT2D eigenvalue weighted by Crippen LogP contribution is 2.42. The number of benzene rings is 3. The molecule has 0 unspecified atom stereocenters. The Balaban J connectivity index is 1.99. The number of aromatic nitrogens is 1. The molecule has 4 rings (SSSR count). The summed E-state index contributed by atoms with van der Waals surface area (Å²) >= 11 is 0. The Morgan fingerprint density at radius 3 is 1.88 bits per heavy atom. The summed E-state index contributed by atoms with van der Waals surface area (Å²) in [6, 6.07) is 29.4. The molecule has 122 valence electrons. The summed E-state index contributed by atoms with van der Waals surface area (Å²) in [4.78, 5) is 4.55. The Morgan fingerprint density at radius 2 is 1.28 bits per heavy atom. The van der Waals surface area contributed by atoms with E-state index in [2.05, 4.69) is 4.98 Å². The van der Waals surface area contributed by atoms with Gasteiger partial charge in [0.05, 0.1) is 5.52 Å². The van der Waals surface area contributed by atoms with Gasteiger partial charge in [0.25, 0.3) is 0 Å². The molecule has 0 saturated heterocycles. The highest BCUT2D eigenvalue weighted by Gasteiger charge is 2.29. The number of hydrogen-bond donors (Lipinski definition) is 0. The van der Waals surface area contributed by atoms with Crippen molar-refractivity contribution in [3.05, 3.63) is 96.7 Å². The Bertz CT molecular complexity index is 1030. The molecule has 0 saturated carbocycles. The third-order valence-corrected chi connectivity index (χ3v) is 7.47. The van der Waals surface area contributed by atoms with Crippen molar-refractivity contribution in [3.63, 3.8) is 0 Å². The van der Waals surface area contributed by atoms with E-state index in [4.69, 9.17) is 0 Å². The van der Waals surface area contributed by atoms with Crippen LogP contribution in [-0.2, 0) is 4.57 Å². The summed E-state index contributed by atoms with van der Waals surface area (Å²) in [5.74, 6) is 0. The lowest BCUT2D eigenvalue weighted by Gasteiger charge is -2.20. The summed E-state index contributed by atoms with van der Waals surface area (Å²) < 4.78 is 14.3. The molecular weight excluding hydrogens is 325 g/mol. The Labute approximate surface area is 147 Å². The van der Waals surface area contributed by atoms with Crippen molar-refractivity contribution in [2.75, 3.05) is 0 Å². The molecule has 1 aromatic heterocycles. The van der Waals surface area contributed by atoms with Crippen LogP contribution in [0.1, 0.15) is 5.69 Å². The Hall–Kier alpha value is -2.70. The third kappa shape index (κ3) is 2.79. The molecule has 25 heavy (non-hydrogen) atoms. The molecule has 0 aliphatic carbocycles. The molecule has 1 heterocycles. The first-order chi connectivity index (χ1) is 12.2.